The molecule has 1 aliphatic carbocycles. The normalized spacial score (nSPS) is 21.8. The van der Waals surface area contributed by atoms with Crippen LogP contribution in [0.3, 0.4) is 0 Å². The molecule has 196 valence electrons. The van der Waals surface area contributed by atoms with E-state index >= 15 is 0 Å². The zero-order valence-corrected chi connectivity index (χ0v) is 22.2. The van der Waals surface area contributed by atoms with Crippen molar-refractivity contribution in [2.75, 3.05) is 19.6 Å². The van der Waals surface area contributed by atoms with Gasteiger partial charge in [-0.25, -0.2) is 4.98 Å². The van der Waals surface area contributed by atoms with Crippen molar-refractivity contribution in [3.05, 3.63) is 54.1 Å². The number of H-pyrrole nitrogens is 1. The number of aromatic nitrogens is 6. The van der Waals surface area contributed by atoms with E-state index < -0.39 is 0 Å². The number of fused-ring (bicyclic) bond motifs is 5. The third-order valence-electron chi connectivity index (χ3n) is 9.17. The van der Waals surface area contributed by atoms with Crippen LogP contribution in [-0.2, 0) is 31.0 Å². The van der Waals surface area contributed by atoms with Crippen LogP contribution in [0.25, 0.3) is 44.3 Å². The Morgan fingerprint density at radius 2 is 2.00 bits per heavy atom. The summed E-state index contributed by atoms with van der Waals surface area (Å²) in [5.74, 6) is 0. The summed E-state index contributed by atoms with van der Waals surface area (Å²) in [4.78, 5) is 11.1. The van der Waals surface area contributed by atoms with Crippen molar-refractivity contribution in [2.24, 2.45) is 19.5 Å². The fourth-order valence-corrected chi connectivity index (χ4v) is 7.01. The molecule has 1 aromatic carbocycles. The highest BCUT2D eigenvalue weighted by atomic mass is 16.5. The lowest BCUT2D eigenvalue weighted by Crippen LogP contribution is -2.34. The minimum atomic E-state index is -0.374. The second-order valence-electron chi connectivity index (χ2n) is 11.8. The molecule has 0 unspecified atom stereocenters. The topological polar surface area (TPSA) is 101 Å². The maximum absolute atomic E-state index is 9.36. The summed E-state index contributed by atoms with van der Waals surface area (Å²) < 4.78 is 10.4. The van der Waals surface area contributed by atoms with Crippen molar-refractivity contribution < 1.29 is 4.74 Å². The number of nitrogens with zero attached hydrogens (tertiary/aromatic N) is 7. The van der Waals surface area contributed by atoms with Gasteiger partial charge >= 0.3 is 0 Å². The van der Waals surface area contributed by atoms with Gasteiger partial charge in [-0.05, 0) is 42.4 Å². The number of nitriles is 1. The lowest BCUT2D eigenvalue weighted by atomic mass is 9.86. The molecule has 0 bridgehead atoms. The number of likely N-dealkylation sites (tertiary alicyclic amines) is 1. The third-order valence-corrected chi connectivity index (χ3v) is 9.17. The quantitative estimate of drug-likeness (QED) is 0.364. The second kappa shape index (κ2) is 8.01. The van der Waals surface area contributed by atoms with Crippen molar-refractivity contribution in [1.82, 2.24) is 34.4 Å². The summed E-state index contributed by atoms with van der Waals surface area (Å²) in [7, 11) is 3.92. The summed E-state index contributed by atoms with van der Waals surface area (Å²) in [6, 6.07) is 8.99. The first-order valence-corrected chi connectivity index (χ1v) is 13.7. The van der Waals surface area contributed by atoms with Crippen LogP contribution in [0.2, 0.25) is 0 Å². The van der Waals surface area contributed by atoms with Gasteiger partial charge in [0, 0.05) is 85.6 Å². The van der Waals surface area contributed by atoms with E-state index in [2.05, 4.69) is 44.3 Å². The van der Waals surface area contributed by atoms with Crippen molar-refractivity contribution in [1.29, 1.82) is 5.26 Å². The Labute approximate surface area is 226 Å². The predicted octanol–water partition coefficient (Wildman–Crippen LogP) is 4.64. The first kappa shape index (κ1) is 22.9. The van der Waals surface area contributed by atoms with Crippen molar-refractivity contribution in [3.63, 3.8) is 0 Å². The van der Waals surface area contributed by atoms with Gasteiger partial charge in [0.2, 0.25) is 0 Å². The second-order valence-corrected chi connectivity index (χ2v) is 11.8. The van der Waals surface area contributed by atoms with Crippen molar-refractivity contribution in [3.8, 4) is 28.5 Å². The minimum Gasteiger partial charge on any atom is -0.364 e. The Hall–Kier alpha value is -4.00. The van der Waals surface area contributed by atoms with E-state index in [0.717, 1.165) is 83.2 Å². The van der Waals surface area contributed by atoms with E-state index in [1.54, 1.807) is 0 Å². The average Bonchev–Trinajstić information content (AvgIpc) is 3.44. The van der Waals surface area contributed by atoms with Gasteiger partial charge in [-0.15, -0.1) is 0 Å². The highest BCUT2D eigenvalue weighted by Crippen LogP contribution is 2.53. The molecule has 8 rings (SSSR count). The van der Waals surface area contributed by atoms with E-state index in [1.165, 1.54) is 11.1 Å². The van der Waals surface area contributed by atoms with Gasteiger partial charge in [0.15, 0.2) is 0 Å². The fourth-order valence-electron chi connectivity index (χ4n) is 7.01. The summed E-state index contributed by atoms with van der Waals surface area (Å²) in [5.41, 5.74) is 8.53. The maximum Gasteiger partial charge on any atom is 0.138 e. The monoisotopic (exact) mass is 518 g/mol. The molecular formula is C30H30N8O. The van der Waals surface area contributed by atoms with E-state index in [0.29, 0.717) is 13.0 Å². The van der Waals surface area contributed by atoms with E-state index in [4.69, 9.17) is 9.72 Å². The number of hydrogen-bond acceptors (Lipinski definition) is 6. The molecule has 1 N–H and O–H groups in total. The first-order chi connectivity index (χ1) is 19.0. The van der Waals surface area contributed by atoms with Gasteiger partial charge in [-0.1, -0.05) is 6.07 Å². The van der Waals surface area contributed by atoms with Gasteiger partial charge in [0.05, 0.1) is 36.3 Å². The van der Waals surface area contributed by atoms with Crippen LogP contribution < -0.4 is 0 Å². The van der Waals surface area contributed by atoms with Crippen LogP contribution in [0.1, 0.15) is 36.8 Å². The zero-order chi connectivity index (χ0) is 26.4. The Kier molecular flexibility index (Phi) is 4.71. The molecule has 39 heavy (non-hydrogen) atoms. The summed E-state index contributed by atoms with van der Waals surface area (Å²) in [6.45, 7) is 3.38. The number of aryl methyl sites for hydroxylation is 2. The number of ether oxygens (including phenoxy) is 1. The minimum absolute atomic E-state index is 0.182. The Balaban J connectivity index is 1.31. The Bertz CT molecular complexity index is 1820. The standard InChI is InChI=1S/C30H30N8O/c1-36-15-21(14-33-36)27-24(19-3-4-23-20(11-19)13-34-37(23)2)25-26-22(12-32-28(25)35-27)16-39-30(26)8-10-38(18-30)17-29(5-6-29)7-9-31/h3-4,11-15H,5-8,10,16-18H2,1-2H3,(H,32,35)/t30-/m1/s1. The number of rotatable bonds is 5. The lowest BCUT2D eigenvalue weighted by Gasteiger charge is -2.27. The molecule has 6 heterocycles. The number of benzene rings is 1. The molecule has 2 fully saturated rings. The molecule has 1 atom stereocenters. The SMILES string of the molecule is Cn1cc(-c2[nH]c3ncc4c(c3c2-c2ccc3c(cnn3C)c2)[C@]2(CCN(CC3(CC#N)CC3)C2)OC4)cn1. The molecular weight excluding hydrogens is 488 g/mol. The molecule has 0 radical (unpaired) electrons. The van der Waals surface area contributed by atoms with Crippen LogP contribution in [0.4, 0.5) is 0 Å². The van der Waals surface area contributed by atoms with E-state index in [-0.39, 0.29) is 11.0 Å². The van der Waals surface area contributed by atoms with Gasteiger partial charge in [0.25, 0.3) is 0 Å². The van der Waals surface area contributed by atoms with Crippen LogP contribution >= 0.6 is 0 Å². The molecule has 9 heteroatoms. The van der Waals surface area contributed by atoms with Gasteiger partial charge in [-0.3, -0.25) is 14.3 Å². The van der Waals surface area contributed by atoms with Crippen LogP contribution in [0.5, 0.6) is 0 Å². The summed E-state index contributed by atoms with van der Waals surface area (Å²) in [6.07, 6.45) is 11.8. The third kappa shape index (κ3) is 3.41. The first-order valence-electron chi connectivity index (χ1n) is 13.7. The molecule has 1 saturated heterocycles. The molecule has 2 aliphatic heterocycles. The van der Waals surface area contributed by atoms with Crippen molar-refractivity contribution >= 4 is 21.9 Å². The molecule has 4 aromatic heterocycles. The molecule has 3 aliphatic rings. The highest BCUT2D eigenvalue weighted by molar-refractivity contribution is 6.06. The maximum atomic E-state index is 9.36. The molecule has 0 amide bonds. The highest BCUT2D eigenvalue weighted by Gasteiger charge is 2.51. The smallest absolute Gasteiger partial charge is 0.138 e. The summed E-state index contributed by atoms with van der Waals surface area (Å²) >= 11 is 0. The molecule has 9 nitrogen and oxygen atoms in total. The summed E-state index contributed by atoms with van der Waals surface area (Å²) in [5, 5.41) is 20.5. The van der Waals surface area contributed by atoms with Crippen molar-refractivity contribution in [2.45, 2.75) is 37.9 Å². The van der Waals surface area contributed by atoms with Crippen LogP contribution in [0, 0.1) is 16.7 Å². The Morgan fingerprint density at radius 3 is 2.79 bits per heavy atom. The average molecular weight is 519 g/mol. The predicted molar refractivity (Wildman–Crippen MR) is 147 cm³/mol. The number of hydrogen-bond donors (Lipinski definition) is 1. The molecule has 1 spiro atoms. The largest absolute Gasteiger partial charge is 0.364 e. The zero-order valence-electron chi connectivity index (χ0n) is 22.2. The van der Waals surface area contributed by atoms with E-state index in [9.17, 15) is 5.26 Å². The van der Waals surface area contributed by atoms with Crippen LogP contribution in [0.15, 0.2) is 43.0 Å². The van der Waals surface area contributed by atoms with Gasteiger partial charge in [0.1, 0.15) is 11.2 Å². The van der Waals surface area contributed by atoms with Crippen LogP contribution in [-0.4, -0.2) is 54.1 Å². The van der Waals surface area contributed by atoms with E-state index in [1.807, 2.05) is 48.2 Å². The molecule has 1 saturated carbocycles. The number of nitrogens with one attached hydrogen (secondary N) is 1. The van der Waals surface area contributed by atoms with Gasteiger partial charge < -0.3 is 9.72 Å². The number of aromatic amines is 1. The lowest BCUT2D eigenvalue weighted by molar-refractivity contribution is -0.0296. The molecule has 5 aromatic rings. The fraction of sp³-hybridized carbons (Fsp3) is 0.400. The van der Waals surface area contributed by atoms with Gasteiger partial charge in [-0.2, -0.15) is 15.5 Å². The Morgan fingerprint density at radius 1 is 1.10 bits per heavy atom. The number of pyridine rings is 1.